The molecule has 0 aliphatic carbocycles. The molecule has 4 aromatic rings. The number of ether oxygens (including phenoxy) is 1. The van der Waals surface area contributed by atoms with E-state index in [0.717, 1.165) is 22.0 Å². The molecule has 6 nitrogen and oxygen atoms in total. The van der Waals surface area contributed by atoms with Crippen LogP contribution in [0.3, 0.4) is 0 Å². The van der Waals surface area contributed by atoms with Crippen molar-refractivity contribution in [3.05, 3.63) is 82.8 Å². The van der Waals surface area contributed by atoms with Crippen LogP contribution in [0.25, 0.3) is 27.0 Å². The molecule has 0 saturated carbocycles. The van der Waals surface area contributed by atoms with Crippen molar-refractivity contribution in [3.63, 3.8) is 0 Å². The second kappa shape index (κ2) is 10.8. The summed E-state index contributed by atoms with van der Waals surface area (Å²) in [4.78, 5) is 7.92. The van der Waals surface area contributed by atoms with E-state index in [2.05, 4.69) is 25.3 Å². The maximum absolute atomic E-state index is 7.34. The molecular formula is C22H18Cl3N5O. The molecule has 0 aliphatic heterocycles. The summed E-state index contributed by atoms with van der Waals surface area (Å²) in [5.41, 5.74) is 2.91. The molecule has 2 aromatic carbocycles. The second-order valence-electron chi connectivity index (χ2n) is 6.28. The smallest absolute Gasteiger partial charge is 0.188 e. The molecular weight excluding hydrogens is 457 g/mol. The number of fused-ring (bicyclic) bond motifs is 1. The van der Waals surface area contributed by atoms with Gasteiger partial charge in [0.2, 0.25) is 0 Å². The van der Waals surface area contributed by atoms with E-state index in [-0.39, 0.29) is 24.8 Å². The number of nitrogens with zero attached hydrogens (tertiary/aromatic N) is 4. The largest absolute Gasteiger partial charge is 0.495 e. The van der Waals surface area contributed by atoms with Gasteiger partial charge in [-0.05, 0) is 35.9 Å². The Kier molecular flexibility index (Phi) is 8.40. The zero-order chi connectivity index (χ0) is 20.2. The van der Waals surface area contributed by atoms with Crippen LogP contribution in [0.4, 0.5) is 11.5 Å². The zero-order valence-electron chi connectivity index (χ0n) is 16.4. The van der Waals surface area contributed by atoms with E-state index < -0.39 is 0 Å². The molecule has 9 heteroatoms. The van der Waals surface area contributed by atoms with E-state index in [9.17, 15) is 0 Å². The van der Waals surface area contributed by atoms with Crippen molar-refractivity contribution in [2.24, 2.45) is 0 Å². The first-order chi connectivity index (χ1) is 14.2. The highest BCUT2D eigenvalue weighted by Gasteiger charge is 2.13. The molecule has 158 valence electrons. The Morgan fingerprint density at radius 3 is 2.55 bits per heavy atom. The monoisotopic (exact) mass is 473 g/mol. The van der Waals surface area contributed by atoms with Gasteiger partial charge in [0.05, 0.1) is 24.4 Å². The van der Waals surface area contributed by atoms with Gasteiger partial charge in [-0.3, -0.25) is 4.98 Å². The highest BCUT2D eigenvalue weighted by atomic mass is 35.5. The minimum Gasteiger partial charge on any atom is -0.495 e. The molecule has 0 aliphatic rings. The Hall–Kier alpha value is -3.11. The van der Waals surface area contributed by atoms with Crippen LogP contribution in [0, 0.1) is 6.57 Å². The van der Waals surface area contributed by atoms with Crippen LogP contribution in [0.15, 0.2) is 60.8 Å². The van der Waals surface area contributed by atoms with Gasteiger partial charge in [-0.2, -0.15) is 0 Å². The van der Waals surface area contributed by atoms with E-state index in [1.54, 1.807) is 19.4 Å². The summed E-state index contributed by atoms with van der Waals surface area (Å²) in [6.07, 6.45) is 1.72. The maximum atomic E-state index is 7.34. The Bertz CT molecular complexity index is 1230. The number of rotatable bonds is 5. The molecule has 0 atom stereocenters. The molecule has 0 spiro atoms. The third kappa shape index (κ3) is 5.15. The lowest BCUT2D eigenvalue weighted by molar-refractivity contribution is 0.415. The quantitative estimate of drug-likeness (QED) is 0.341. The molecule has 31 heavy (non-hydrogen) atoms. The Morgan fingerprint density at radius 2 is 1.87 bits per heavy atom. The fourth-order valence-corrected chi connectivity index (χ4v) is 3.32. The maximum Gasteiger partial charge on any atom is 0.188 e. The van der Waals surface area contributed by atoms with E-state index >= 15 is 0 Å². The number of pyridine rings is 1. The van der Waals surface area contributed by atoms with Crippen molar-refractivity contribution >= 4 is 58.7 Å². The van der Waals surface area contributed by atoms with Crippen molar-refractivity contribution in [2.75, 3.05) is 12.4 Å². The highest BCUT2D eigenvalue weighted by molar-refractivity contribution is 6.32. The zero-order valence-corrected chi connectivity index (χ0v) is 18.8. The number of nitrogens with one attached hydrogen (secondary N) is 1. The lowest BCUT2D eigenvalue weighted by Crippen LogP contribution is -2.04. The van der Waals surface area contributed by atoms with Crippen molar-refractivity contribution < 1.29 is 4.74 Å². The first kappa shape index (κ1) is 24.2. The third-order valence-corrected chi connectivity index (χ3v) is 4.77. The number of methoxy groups -OCH3 is 1. The molecule has 2 heterocycles. The average Bonchev–Trinajstić information content (AvgIpc) is 2.77. The third-order valence-electron chi connectivity index (χ3n) is 4.48. The molecule has 0 unspecified atom stereocenters. The van der Waals surface area contributed by atoms with Gasteiger partial charge in [-0.1, -0.05) is 35.9 Å². The number of halogens is 3. The molecule has 0 radical (unpaired) electrons. The van der Waals surface area contributed by atoms with Gasteiger partial charge in [-0.15, -0.1) is 35.0 Å². The predicted molar refractivity (Wildman–Crippen MR) is 129 cm³/mol. The topological polar surface area (TPSA) is 64.3 Å². The number of hydrogen-bond donors (Lipinski definition) is 1. The highest BCUT2D eigenvalue weighted by Crippen LogP contribution is 2.32. The average molecular weight is 475 g/mol. The predicted octanol–water partition coefficient (Wildman–Crippen LogP) is 6.36. The fourth-order valence-electron chi connectivity index (χ4n) is 3.04. The van der Waals surface area contributed by atoms with E-state index in [1.165, 1.54) is 0 Å². The lowest BCUT2D eigenvalue weighted by Gasteiger charge is -2.12. The van der Waals surface area contributed by atoms with Gasteiger partial charge in [-0.25, -0.2) is 4.85 Å². The summed E-state index contributed by atoms with van der Waals surface area (Å²) < 4.78 is 5.19. The van der Waals surface area contributed by atoms with Crippen molar-refractivity contribution in [3.8, 4) is 17.1 Å². The molecule has 0 amide bonds. The van der Waals surface area contributed by atoms with Crippen LogP contribution < -0.4 is 10.1 Å². The van der Waals surface area contributed by atoms with Crippen LogP contribution in [0.5, 0.6) is 5.75 Å². The van der Waals surface area contributed by atoms with Crippen molar-refractivity contribution in [1.29, 1.82) is 0 Å². The van der Waals surface area contributed by atoms with E-state index in [4.69, 9.17) is 22.9 Å². The first-order valence-electron chi connectivity index (χ1n) is 8.85. The molecule has 2 aromatic heterocycles. The van der Waals surface area contributed by atoms with Crippen LogP contribution in [0.2, 0.25) is 5.02 Å². The standard InChI is InChI=1S/C22H16ClN5O.2ClH/c1-24-15-7-8-16-17(12-15)22(28-27-21(16)19-5-3-4-10-25-19)26-13-14-6-9-20(29-2)18(23)11-14;;/h3-12H,13H2,2H3,(H,26,28);2*1H. The molecule has 4 rings (SSSR count). The molecule has 0 saturated heterocycles. The van der Waals surface area contributed by atoms with Crippen LogP contribution >= 0.6 is 36.4 Å². The van der Waals surface area contributed by atoms with Gasteiger partial charge >= 0.3 is 0 Å². The first-order valence-corrected chi connectivity index (χ1v) is 9.23. The van der Waals surface area contributed by atoms with E-state index in [0.29, 0.717) is 34.5 Å². The normalized spacial score (nSPS) is 9.84. The summed E-state index contributed by atoms with van der Waals surface area (Å²) >= 11 is 6.21. The van der Waals surface area contributed by atoms with Crippen LogP contribution in [-0.4, -0.2) is 22.3 Å². The fraction of sp³-hybridized carbons (Fsp3) is 0.0909. The van der Waals surface area contributed by atoms with Gasteiger partial charge in [0, 0.05) is 23.5 Å². The summed E-state index contributed by atoms with van der Waals surface area (Å²) in [5, 5.41) is 14.3. The van der Waals surface area contributed by atoms with Crippen molar-refractivity contribution in [1.82, 2.24) is 15.2 Å². The van der Waals surface area contributed by atoms with Gasteiger partial charge in [0.25, 0.3) is 0 Å². The van der Waals surface area contributed by atoms with Crippen LogP contribution in [-0.2, 0) is 6.54 Å². The SMILES string of the molecule is Cl.Cl.[C-]#[N+]c1ccc2c(-c3ccccn3)nnc(NCc3ccc(OC)c(Cl)c3)c2c1. The van der Waals surface area contributed by atoms with Crippen LogP contribution in [0.1, 0.15) is 5.56 Å². The van der Waals surface area contributed by atoms with Crippen molar-refractivity contribution in [2.45, 2.75) is 6.54 Å². The minimum atomic E-state index is 0. The van der Waals surface area contributed by atoms with Gasteiger partial charge in [0.15, 0.2) is 11.5 Å². The Balaban J connectivity index is 0.00000171. The Morgan fingerprint density at radius 1 is 1.03 bits per heavy atom. The number of anilines is 1. The molecule has 0 fully saturated rings. The minimum absolute atomic E-state index is 0. The second-order valence-corrected chi connectivity index (χ2v) is 6.68. The lowest BCUT2D eigenvalue weighted by atomic mass is 10.1. The number of benzene rings is 2. The summed E-state index contributed by atoms with van der Waals surface area (Å²) in [6.45, 7) is 7.83. The van der Waals surface area contributed by atoms with E-state index in [1.807, 2.05) is 48.5 Å². The Labute approximate surface area is 197 Å². The summed E-state index contributed by atoms with van der Waals surface area (Å²) in [5.74, 6) is 1.22. The van der Waals surface area contributed by atoms with Gasteiger partial charge < -0.3 is 10.1 Å². The summed E-state index contributed by atoms with van der Waals surface area (Å²) in [6, 6.07) is 16.7. The molecule has 1 N–H and O–H groups in total. The number of aromatic nitrogens is 3. The van der Waals surface area contributed by atoms with Gasteiger partial charge in [0.1, 0.15) is 11.4 Å². The molecule has 0 bridgehead atoms. The summed E-state index contributed by atoms with van der Waals surface area (Å²) in [7, 11) is 1.58. The number of hydrogen-bond acceptors (Lipinski definition) is 5.